The molecule has 1 aliphatic carbocycles. The maximum atomic E-state index is 13.1. The summed E-state index contributed by atoms with van der Waals surface area (Å²) in [4.78, 5) is 15.9. The molecule has 3 rings (SSSR count). The number of rotatable bonds is 2. The van der Waals surface area contributed by atoms with E-state index in [1.165, 1.54) is 11.0 Å². The average molecular weight is 429 g/mol. The van der Waals surface area contributed by atoms with E-state index in [0.717, 1.165) is 44.2 Å². The van der Waals surface area contributed by atoms with Gasteiger partial charge in [0.05, 0.1) is 22.2 Å². The number of halogens is 4. The summed E-state index contributed by atoms with van der Waals surface area (Å²) in [5.74, 6) is 0.00711. The van der Waals surface area contributed by atoms with Gasteiger partial charge >= 0.3 is 6.18 Å². The number of amides is 1. The fourth-order valence-corrected chi connectivity index (χ4v) is 4.40. The van der Waals surface area contributed by atoms with E-state index < -0.39 is 28.7 Å². The highest BCUT2D eigenvalue weighted by Crippen LogP contribution is 2.37. The van der Waals surface area contributed by atoms with Crippen molar-refractivity contribution in [3.63, 3.8) is 0 Å². The van der Waals surface area contributed by atoms with E-state index in [9.17, 15) is 18.0 Å². The zero-order chi connectivity index (χ0) is 21.3. The molecule has 2 N–H and O–H groups in total. The van der Waals surface area contributed by atoms with Gasteiger partial charge in [-0.2, -0.15) is 13.2 Å². The summed E-state index contributed by atoms with van der Waals surface area (Å²) in [6, 6.07) is 2.61. The Hall–Kier alpha value is -2.09. The maximum Gasteiger partial charge on any atom is 0.417 e. The van der Waals surface area contributed by atoms with E-state index in [1.54, 1.807) is 11.8 Å². The summed E-state index contributed by atoms with van der Waals surface area (Å²) < 4.78 is 39.3. The number of alkyl halides is 3. The molecule has 1 aromatic carbocycles. The van der Waals surface area contributed by atoms with Crippen molar-refractivity contribution in [2.75, 3.05) is 13.1 Å². The van der Waals surface area contributed by atoms with Gasteiger partial charge < -0.3 is 9.80 Å². The van der Waals surface area contributed by atoms with Crippen molar-refractivity contribution in [1.82, 2.24) is 9.80 Å². The summed E-state index contributed by atoms with van der Waals surface area (Å²) >= 11 is 5.91. The van der Waals surface area contributed by atoms with Crippen LogP contribution in [0.5, 0.6) is 0 Å². The molecule has 1 saturated heterocycles. The van der Waals surface area contributed by atoms with E-state index in [1.807, 2.05) is 0 Å². The molecule has 0 bridgehead atoms. The zero-order valence-electron chi connectivity index (χ0n) is 16.2. The molecule has 158 valence electrons. The first-order valence-corrected chi connectivity index (χ1v) is 10.1. The van der Waals surface area contributed by atoms with Gasteiger partial charge in [0.15, 0.2) is 0 Å². The molecule has 0 spiro atoms. The quantitative estimate of drug-likeness (QED) is 0.511. The summed E-state index contributed by atoms with van der Waals surface area (Å²) in [5.41, 5.74) is -1.28. The SMILES string of the molecule is CC1C(=N)N(C(=N)C2CCCCC2)CCN1C(=O)c1cccc(C(F)(F)F)c1Cl. The molecule has 1 amide bonds. The lowest BCUT2D eigenvalue weighted by Crippen LogP contribution is -2.59. The number of hydrogen-bond acceptors (Lipinski definition) is 3. The Morgan fingerprint density at radius 1 is 1.17 bits per heavy atom. The highest BCUT2D eigenvalue weighted by molar-refractivity contribution is 6.34. The van der Waals surface area contributed by atoms with Crippen LogP contribution in [0.2, 0.25) is 5.02 Å². The van der Waals surface area contributed by atoms with Gasteiger partial charge in [-0.05, 0) is 31.9 Å². The summed E-state index contributed by atoms with van der Waals surface area (Å²) in [6.07, 6.45) is 0.515. The lowest BCUT2D eigenvalue weighted by Gasteiger charge is -2.43. The maximum absolute atomic E-state index is 13.1. The van der Waals surface area contributed by atoms with Gasteiger partial charge in [0.25, 0.3) is 5.91 Å². The Labute approximate surface area is 172 Å². The van der Waals surface area contributed by atoms with Gasteiger partial charge in [-0.25, -0.2) is 0 Å². The van der Waals surface area contributed by atoms with Crippen LogP contribution in [0.3, 0.4) is 0 Å². The molecule has 0 aromatic heterocycles. The third-order valence-electron chi connectivity index (χ3n) is 5.80. The van der Waals surface area contributed by atoms with Crippen molar-refractivity contribution in [2.24, 2.45) is 5.92 Å². The van der Waals surface area contributed by atoms with Crippen LogP contribution in [0.1, 0.15) is 54.9 Å². The molecule has 29 heavy (non-hydrogen) atoms. The molecular formula is C20H24ClF3N4O. The summed E-state index contributed by atoms with van der Waals surface area (Å²) in [7, 11) is 0. The number of piperazine rings is 1. The molecular weight excluding hydrogens is 405 g/mol. The Morgan fingerprint density at radius 2 is 1.83 bits per heavy atom. The molecule has 1 unspecified atom stereocenters. The van der Waals surface area contributed by atoms with Crippen molar-refractivity contribution in [3.8, 4) is 0 Å². The zero-order valence-corrected chi connectivity index (χ0v) is 16.9. The monoisotopic (exact) mass is 428 g/mol. The summed E-state index contributed by atoms with van der Waals surface area (Å²) in [5, 5.41) is 16.3. The highest BCUT2D eigenvalue weighted by Gasteiger charge is 2.39. The van der Waals surface area contributed by atoms with E-state index in [2.05, 4.69) is 0 Å². The number of carbonyl (C=O) groups excluding carboxylic acids is 1. The molecule has 2 aliphatic rings. The van der Waals surface area contributed by atoms with Crippen molar-refractivity contribution < 1.29 is 18.0 Å². The summed E-state index contributed by atoms with van der Waals surface area (Å²) in [6.45, 7) is 2.15. The first-order valence-electron chi connectivity index (χ1n) is 9.74. The molecule has 5 nitrogen and oxygen atoms in total. The van der Waals surface area contributed by atoms with Crippen molar-refractivity contribution >= 4 is 29.2 Å². The predicted molar refractivity (Wildman–Crippen MR) is 106 cm³/mol. The number of hydrogen-bond donors (Lipinski definition) is 2. The fraction of sp³-hybridized carbons (Fsp3) is 0.550. The minimum atomic E-state index is -4.65. The van der Waals surface area contributed by atoms with Crippen LogP contribution in [0.15, 0.2) is 18.2 Å². The van der Waals surface area contributed by atoms with Gasteiger partial charge in [0, 0.05) is 19.0 Å². The molecule has 1 aromatic rings. The smallest absolute Gasteiger partial charge is 0.327 e. The minimum Gasteiger partial charge on any atom is -0.327 e. The number of benzene rings is 1. The van der Waals surface area contributed by atoms with Gasteiger partial charge in [-0.1, -0.05) is 36.9 Å². The number of nitrogens with one attached hydrogen (secondary N) is 2. The first kappa shape index (κ1) is 21.6. The van der Waals surface area contributed by atoms with E-state index >= 15 is 0 Å². The van der Waals surface area contributed by atoms with Gasteiger partial charge in [0.2, 0.25) is 0 Å². The normalized spacial score (nSPS) is 21.4. The Balaban J connectivity index is 1.78. The first-order chi connectivity index (χ1) is 13.6. The topological polar surface area (TPSA) is 71.2 Å². The second-order valence-corrected chi connectivity index (χ2v) is 7.97. The van der Waals surface area contributed by atoms with Crippen LogP contribution in [0, 0.1) is 16.7 Å². The van der Waals surface area contributed by atoms with Crippen LogP contribution < -0.4 is 0 Å². The number of carbonyl (C=O) groups is 1. The third kappa shape index (κ3) is 4.27. The molecule has 1 saturated carbocycles. The second kappa shape index (κ2) is 8.34. The average Bonchev–Trinajstić information content (AvgIpc) is 2.69. The largest absolute Gasteiger partial charge is 0.417 e. The third-order valence-corrected chi connectivity index (χ3v) is 6.20. The fourth-order valence-electron chi connectivity index (χ4n) is 4.09. The lowest BCUT2D eigenvalue weighted by molar-refractivity contribution is -0.137. The van der Waals surface area contributed by atoms with Crippen LogP contribution in [-0.2, 0) is 6.18 Å². The number of nitrogens with zero attached hydrogens (tertiary/aromatic N) is 2. The van der Waals surface area contributed by atoms with Gasteiger partial charge in [-0.3, -0.25) is 15.6 Å². The lowest BCUT2D eigenvalue weighted by atomic mass is 9.87. The molecule has 2 fully saturated rings. The highest BCUT2D eigenvalue weighted by atomic mass is 35.5. The van der Waals surface area contributed by atoms with Crippen molar-refractivity contribution in [2.45, 2.75) is 51.2 Å². The molecule has 0 radical (unpaired) electrons. The second-order valence-electron chi connectivity index (χ2n) is 7.60. The van der Waals surface area contributed by atoms with Crippen molar-refractivity contribution in [3.05, 3.63) is 34.3 Å². The predicted octanol–water partition coefficient (Wildman–Crippen LogP) is 5.04. The molecule has 1 heterocycles. The van der Waals surface area contributed by atoms with Crippen molar-refractivity contribution in [1.29, 1.82) is 10.8 Å². The van der Waals surface area contributed by atoms with E-state index in [0.29, 0.717) is 5.84 Å². The van der Waals surface area contributed by atoms with Gasteiger partial charge in [-0.15, -0.1) is 0 Å². The molecule has 9 heteroatoms. The van der Waals surface area contributed by atoms with Crippen LogP contribution in [0.4, 0.5) is 13.2 Å². The standard InChI is InChI=1S/C20H24ClF3N4O/c1-12-17(25)28(18(26)13-6-3-2-4-7-13)11-10-27(12)19(29)14-8-5-9-15(16(14)21)20(22,23)24/h5,8-9,12-13,25-26H,2-4,6-7,10-11H2,1H3. The molecule has 1 aliphatic heterocycles. The van der Waals surface area contributed by atoms with Crippen LogP contribution >= 0.6 is 11.6 Å². The number of amidine groups is 2. The van der Waals surface area contributed by atoms with Crippen LogP contribution in [-0.4, -0.2) is 46.5 Å². The minimum absolute atomic E-state index is 0.114. The van der Waals surface area contributed by atoms with Crippen LogP contribution in [0.25, 0.3) is 0 Å². The van der Waals surface area contributed by atoms with E-state index in [-0.39, 0.29) is 30.4 Å². The molecule has 1 atom stereocenters. The Bertz CT molecular complexity index is 820. The van der Waals surface area contributed by atoms with Gasteiger partial charge in [0.1, 0.15) is 11.7 Å². The Kier molecular flexibility index (Phi) is 6.22. The Morgan fingerprint density at radius 3 is 2.45 bits per heavy atom. The van der Waals surface area contributed by atoms with E-state index in [4.69, 9.17) is 22.4 Å².